The minimum atomic E-state index is -0.443. The highest BCUT2D eigenvalue weighted by Crippen LogP contribution is 2.33. The minimum absolute atomic E-state index is 0.166. The number of rotatable bonds is 4. The van der Waals surface area contributed by atoms with Crippen molar-refractivity contribution in [2.45, 2.75) is 19.8 Å². The van der Waals surface area contributed by atoms with Gasteiger partial charge >= 0.3 is 0 Å². The van der Waals surface area contributed by atoms with Crippen molar-refractivity contribution in [3.63, 3.8) is 0 Å². The van der Waals surface area contributed by atoms with E-state index < -0.39 is 5.82 Å². The maximum atomic E-state index is 13.2. The van der Waals surface area contributed by atoms with E-state index in [9.17, 15) is 9.18 Å². The average molecular weight is 397 g/mol. The van der Waals surface area contributed by atoms with Crippen LogP contribution in [0.15, 0.2) is 18.2 Å². The number of likely N-dealkylation sites (N-methyl/N-ethyl adjacent to an activating group) is 1. The Balaban J connectivity index is 1.84. The van der Waals surface area contributed by atoms with Gasteiger partial charge in [0.05, 0.1) is 10.7 Å². The van der Waals surface area contributed by atoms with E-state index in [1.165, 1.54) is 18.2 Å². The highest BCUT2D eigenvalue weighted by molar-refractivity contribution is 7.16. The van der Waals surface area contributed by atoms with Gasteiger partial charge in [0.2, 0.25) is 0 Å². The molecular formula is C18H22ClFN4OS. The number of aromatic nitrogens is 1. The third-order valence-corrected chi connectivity index (χ3v) is 6.06. The first-order valence-corrected chi connectivity index (χ1v) is 9.75. The number of halogens is 2. The predicted molar refractivity (Wildman–Crippen MR) is 105 cm³/mol. The van der Waals surface area contributed by atoms with Gasteiger partial charge in [0.25, 0.3) is 5.91 Å². The van der Waals surface area contributed by atoms with Gasteiger partial charge in [0.15, 0.2) is 5.13 Å². The van der Waals surface area contributed by atoms with Gasteiger partial charge in [-0.15, -0.1) is 11.3 Å². The summed E-state index contributed by atoms with van der Waals surface area (Å²) in [5, 5.41) is 3.79. The smallest absolute Gasteiger partial charge is 0.275 e. The molecule has 1 aliphatic rings. The summed E-state index contributed by atoms with van der Waals surface area (Å²) < 4.78 is 13.2. The Morgan fingerprint density at radius 3 is 2.62 bits per heavy atom. The molecule has 140 valence electrons. The van der Waals surface area contributed by atoms with Crippen molar-refractivity contribution in [1.29, 1.82) is 0 Å². The van der Waals surface area contributed by atoms with Gasteiger partial charge in [-0.2, -0.15) is 0 Å². The second-order valence-electron chi connectivity index (χ2n) is 6.73. The summed E-state index contributed by atoms with van der Waals surface area (Å²) in [5.74, 6) is -0.584. The molecule has 0 radical (unpaired) electrons. The Morgan fingerprint density at radius 1 is 1.31 bits per heavy atom. The van der Waals surface area contributed by atoms with Crippen molar-refractivity contribution in [3.8, 4) is 0 Å². The quantitative estimate of drug-likeness (QED) is 0.846. The van der Waals surface area contributed by atoms with Crippen molar-refractivity contribution in [3.05, 3.63) is 39.6 Å². The van der Waals surface area contributed by atoms with E-state index in [4.69, 9.17) is 11.6 Å². The number of thiazole rings is 1. The first kappa shape index (κ1) is 19.1. The van der Waals surface area contributed by atoms with Crippen LogP contribution >= 0.6 is 22.9 Å². The molecule has 0 saturated carbocycles. The van der Waals surface area contributed by atoms with E-state index in [1.807, 2.05) is 13.8 Å². The normalized spacial score (nSPS) is 15.5. The van der Waals surface area contributed by atoms with E-state index in [-0.39, 0.29) is 16.8 Å². The van der Waals surface area contributed by atoms with Gasteiger partial charge in [-0.1, -0.05) is 25.4 Å². The molecule has 0 bridgehead atoms. The third-order valence-electron chi connectivity index (χ3n) is 4.33. The van der Waals surface area contributed by atoms with E-state index in [2.05, 4.69) is 27.1 Å². The van der Waals surface area contributed by atoms with Gasteiger partial charge in [0, 0.05) is 31.1 Å². The lowest BCUT2D eigenvalue weighted by Gasteiger charge is -2.32. The van der Waals surface area contributed by atoms with E-state index in [0.29, 0.717) is 11.4 Å². The first-order valence-electron chi connectivity index (χ1n) is 8.55. The van der Waals surface area contributed by atoms with Crippen molar-refractivity contribution in [2.24, 2.45) is 0 Å². The van der Waals surface area contributed by atoms with Crippen molar-refractivity contribution in [2.75, 3.05) is 43.4 Å². The second kappa shape index (κ2) is 7.90. The van der Waals surface area contributed by atoms with Crippen LogP contribution in [0.1, 0.15) is 35.1 Å². The molecule has 5 nitrogen and oxygen atoms in total. The molecule has 0 spiro atoms. The van der Waals surface area contributed by atoms with E-state index in [0.717, 1.165) is 36.2 Å². The van der Waals surface area contributed by atoms with Crippen LogP contribution in [-0.2, 0) is 0 Å². The zero-order valence-corrected chi connectivity index (χ0v) is 16.6. The van der Waals surface area contributed by atoms with Crippen LogP contribution in [0, 0.1) is 5.82 Å². The van der Waals surface area contributed by atoms with E-state index in [1.54, 1.807) is 11.3 Å². The molecule has 1 aromatic heterocycles. The lowest BCUT2D eigenvalue weighted by Crippen LogP contribution is -2.44. The molecule has 1 aliphatic heterocycles. The lowest BCUT2D eigenvalue weighted by molar-refractivity contribution is 0.102. The fourth-order valence-corrected chi connectivity index (χ4v) is 4.11. The van der Waals surface area contributed by atoms with Gasteiger partial charge in [-0.25, -0.2) is 9.37 Å². The molecule has 8 heteroatoms. The molecule has 0 unspecified atom stereocenters. The monoisotopic (exact) mass is 396 g/mol. The van der Waals surface area contributed by atoms with Gasteiger partial charge < -0.3 is 15.1 Å². The summed E-state index contributed by atoms with van der Waals surface area (Å²) in [4.78, 5) is 22.8. The number of hydrogen-bond acceptors (Lipinski definition) is 5. The Bertz CT molecular complexity index is 802. The molecule has 1 N–H and O–H groups in total. The number of anilines is 2. The largest absolute Gasteiger partial charge is 0.346 e. The van der Waals surface area contributed by atoms with Crippen LogP contribution in [0.4, 0.5) is 15.2 Å². The zero-order chi connectivity index (χ0) is 18.8. The van der Waals surface area contributed by atoms with E-state index >= 15 is 0 Å². The van der Waals surface area contributed by atoms with Crippen LogP contribution in [0.3, 0.4) is 0 Å². The first-order chi connectivity index (χ1) is 12.3. The van der Waals surface area contributed by atoms with Crippen LogP contribution in [0.5, 0.6) is 0 Å². The molecule has 1 fully saturated rings. The maximum Gasteiger partial charge on any atom is 0.275 e. The summed E-state index contributed by atoms with van der Waals surface area (Å²) in [6.07, 6.45) is 0. The number of carbonyl (C=O) groups is 1. The Hall–Kier alpha value is -1.70. The molecule has 0 aliphatic carbocycles. The lowest BCUT2D eigenvalue weighted by atomic mass is 10.1. The van der Waals surface area contributed by atoms with Crippen molar-refractivity contribution in [1.82, 2.24) is 9.88 Å². The van der Waals surface area contributed by atoms with Gasteiger partial charge in [0.1, 0.15) is 11.5 Å². The molecule has 26 heavy (non-hydrogen) atoms. The molecule has 1 aromatic carbocycles. The summed E-state index contributed by atoms with van der Waals surface area (Å²) >= 11 is 7.58. The number of piperazine rings is 1. The van der Waals surface area contributed by atoms with Crippen LogP contribution in [-0.4, -0.2) is 49.0 Å². The number of carbonyl (C=O) groups excluding carboxylic acids is 1. The zero-order valence-electron chi connectivity index (χ0n) is 15.1. The number of hydrogen-bond donors (Lipinski definition) is 1. The SMILES string of the molecule is CC(C)c1sc(N2CCN(C)CC2)nc1C(=O)Nc1ccc(F)cc1Cl. The number of amides is 1. The number of nitrogens with zero attached hydrogens (tertiary/aromatic N) is 3. The molecule has 3 rings (SSSR count). The third kappa shape index (κ3) is 4.16. The molecule has 0 atom stereocenters. The fourth-order valence-electron chi connectivity index (χ4n) is 2.78. The Kier molecular flexibility index (Phi) is 5.79. The van der Waals surface area contributed by atoms with Crippen molar-refractivity contribution < 1.29 is 9.18 Å². The topological polar surface area (TPSA) is 48.5 Å². The molecule has 2 heterocycles. The molecule has 1 amide bonds. The Labute approximate surface area is 161 Å². The van der Waals surface area contributed by atoms with Gasteiger partial charge in [-0.05, 0) is 31.2 Å². The Morgan fingerprint density at radius 2 is 2.00 bits per heavy atom. The minimum Gasteiger partial charge on any atom is -0.346 e. The van der Waals surface area contributed by atoms with Crippen LogP contribution in [0.25, 0.3) is 0 Å². The highest BCUT2D eigenvalue weighted by atomic mass is 35.5. The standard InChI is InChI=1S/C18H22ClFN4OS/c1-11(2)16-15(17(25)21-14-5-4-12(20)10-13(14)19)22-18(26-16)24-8-6-23(3)7-9-24/h4-5,10-11H,6-9H2,1-3H3,(H,21,25). The fraction of sp³-hybridized carbons (Fsp3) is 0.444. The summed E-state index contributed by atoms with van der Waals surface area (Å²) in [7, 11) is 2.10. The summed E-state index contributed by atoms with van der Waals surface area (Å²) in [5.41, 5.74) is 0.793. The molecule has 1 saturated heterocycles. The molecule has 2 aromatic rings. The summed E-state index contributed by atoms with van der Waals surface area (Å²) in [6, 6.07) is 3.90. The molecular weight excluding hydrogens is 375 g/mol. The maximum absolute atomic E-state index is 13.2. The van der Waals surface area contributed by atoms with Crippen LogP contribution in [0.2, 0.25) is 5.02 Å². The van der Waals surface area contributed by atoms with Crippen LogP contribution < -0.4 is 10.2 Å². The predicted octanol–water partition coefficient (Wildman–Crippen LogP) is 4.06. The number of benzene rings is 1. The highest BCUT2D eigenvalue weighted by Gasteiger charge is 2.25. The van der Waals surface area contributed by atoms with Crippen molar-refractivity contribution >= 4 is 39.7 Å². The summed E-state index contributed by atoms with van der Waals surface area (Å²) in [6.45, 7) is 7.83. The van der Waals surface area contributed by atoms with Gasteiger partial charge in [-0.3, -0.25) is 4.79 Å². The number of nitrogens with one attached hydrogen (secondary N) is 1. The average Bonchev–Trinajstić information content (AvgIpc) is 3.04. The second-order valence-corrected chi connectivity index (χ2v) is 8.15.